The Bertz CT molecular complexity index is 589. The summed E-state index contributed by atoms with van der Waals surface area (Å²) in [6.45, 7) is 0. The Morgan fingerprint density at radius 2 is 1.67 bits per heavy atom. The summed E-state index contributed by atoms with van der Waals surface area (Å²) in [7, 11) is 0. The number of nitro groups is 1. The van der Waals surface area contributed by atoms with E-state index in [1.807, 2.05) is 18.2 Å². The zero-order valence-corrected chi connectivity index (χ0v) is 9.61. The number of nitrogen functional groups attached to an aromatic ring is 1. The molecule has 0 saturated carbocycles. The van der Waals surface area contributed by atoms with Gasteiger partial charge in [0.2, 0.25) is 0 Å². The Balaban J connectivity index is 2.29. The molecule has 0 unspecified atom stereocenters. The first-order chi connectivity index (χ1) is 8.66. The van der Waals surface area contributed by atoms with Crippen LogP contribution >= 0.6 is 0 Å². The maximum Gasteiger partial charge on any atom is 0.276 e. The van der Waals surface area contributed by atoms with Crippen molar-refractivity contribution in [3.63, 3.8) is 0 Å². The lowest BCUT2D eigenvalue weighted by Crippen LogP contribution is -1.90. The largest absolute Gasteiger partial charge is 0.399 e. The minimum atomic E-state index is -0.386. The van der Waals surface area contributed by atoms with Gasteiger partial charge in [-0.3, -0.25) is 10.1 Å². The number of anilines is 1. The first kappa shape index (κ1) is 11.9. The highest BCUT2D eigenvalue weighted by molar-refractivity contribution is 5.74. The van der Waals surface area contributed by atoms with Crippen LogP contribution in [0.3, 0.4) is 0 Å². The quantitative estimate of drug-likeness (QED) is 0.387. The van der Waals surface area contributed by atoms with Crippen molar-refractivity contribution in [2.24, 2.45) is 0 Å². The van der Waals surface area contributed by atoms with Crippen molar-refractivity contribution in [1.29, 1.82) is 0 Å². The number of rotatable bonds is 3. The van der Waals surface area contributed by atoms with Gasteiger partial charge in [-0.1, -0.05) is 30.3 Å². The van der Waals surface area contributed by atoms with Crippen molar-refractivity contribution in [2.75, 3.05) is 5.73 Å². The zero-order chi connectivity index (χ0) is 13.0. The molecule has 0 amide bonds. The van der Waals surface area contributed by atoms with Crippen molar-refractivity contribution in [3.05, 3.63) is 69.8 Å². The van der Waals surface area contributed by atoms with E-state index < -0.39 is 0 Å². The van der Waals surface area contributed by atoms with Crippen LogP contribution < -0.4 is 5.73 Å². The van der Waals surface area contributed by atoms with E-state index in [1.54, 1.807) is 36.4 Å². The molecular formula is C14H12N2O2. The van der Waals surface area contributed by atoms with Crippen LogP contribution in [0.15, 0.2) is 48.5 Å². The monoisotopic (exact) mass is 240 g/mol. The molecule has 4 heteroatoms. The standard InChI is InChI=1S/C14H12N2O2/c15-13-9-6-11(7-10-13)5-8-12-3-1-2-4-14(12)16(17)18/h1-10H,15H2. The van der Waals surface area contributed by atoms with Crippen molar-refractivity contribution in [3.8, 4) is 0 Å². The van der Waals surface area contributed by atoms with Gasteiger partial charge in [0.05, 0.1) is 10.5 Å². The molecule has 2 rings (SSSR count). The molecule has 2 aromatic rings. The van der Waals surface area contributed by atoms with Gasteiger partial charge < -0.3 is 5.73 Å². The smallest absolute Gasteiger partial charge is 0.276 e. The van der Waals surface area contributed by atoms with Gasteiger partial charge in [-0.25, -0.2) is 0 Å². The van der Waals surface area contributed by atoms with E-state index in [0.29, 0.717) is 11.3 Å². The van der Waals surface area contributed by atoms with E-state index in [2.05, 4.69) is 0 Å². The van der Waals surface area contributed by atoms with Crippen LogP contribution in [0, 0.1) is 10.1 Å². The highest BCUT2D eigenvalue weighted by Crippen LogP contribution is 2.20. The number of nitrogens with two attached hydrogens (primary N) is 1. The zero-order valence-electron chi connectivity index (χ0n) is 9.61. The highest BCUT2D eigenvalue weighted by atomic mass is 16.6. The predicted molar refractivity (Wildman–Crippen MR) is 72.9 cm³/mol. The van der Waals surface area contributed by atoms with E-state index >= 15 is 0 Å². The first-order valence-electron chi connectivity index (χ1n) is 5.44. The molecule has 0 aromatic heterocycles. The molecule has 0 fully saturated rings. The van der Waals surface area contributed by atoms with Crippen molar-refractivity contribution < 1.29 is 4.92 Å². The third kappa shape index (κ3) is 2.74. The lowest BCUT2D eigenvalue weighted by Gasteiger charge is -1.97. The van der Waals surface area contributed by atoms with Crippen LogP contribution in [0.4, 0.5) is 11.4 Å². The molecule has 0 aliphatic rings. The Morgan fingerprint density at radius 3 is 2.33 bits per heavy atom. The van der Waals surface area contributed by atoms with E-state index in [4.69, 9.17) is 5.73 Å². The number of para-hydroxylation sites is 1. The molecule has 18 heavy (non-hydrogen) atoms. The Labute approximate surface area is 105 Å². The van der Waals surface area contributed by atoms with E-state index in [0.717, 1.165) is 5.56 Å². The maximum atomic E-state index is 10.8. The summed E-state index contributed by atoms with van der Waals surface area (Å²) in [4.78, 5) is 10.4. The molecule has 0 aliphatic carbocycles. The van der Waals surface area contributed by atoms with Crippen LogP contribution in [-0.4, -0.2) is 4.92 Å². The second-order valence-corrected chi connectivity index (χ2v) is 3.82. The van der Waals surface area contributed by atoms with Crippen molar-refractivity contribution >= 4 is 23.5 Å². The molecule has 0 atom stereocenters. The number of nitrogens with zero attached hydrogens (tertiary/aromatic N) is 1. The van der Waals surface area contributed by atoms with Gasteiger partial charge in [0.1, 0.15) is 0 Å². The van der Waals surface area contributed by atoms with Crippen LogP contribution in [0.1, 0.15) is 11.1 Å². The SMILES string of the molecule is Nc1ccc(C=Cc2ccccc2[N+](=O)[O-])cc1. The normalized spacial score (nSPS) is 10.7. The minimum Gasteiger partial charge on any atom is -0.399 e. The number of hydrogen-bond donors (Lipinski definition) is 1. The molecule has 0 saturated heterocycles. The summed E-state index contributed by atoms with van der Waals surface area (Å²) in [5.74, 6) is 0. The molecule has 0 bridgehead atoms. The highest BCUT2D eigenvalue weighted by Gasteiger charge is 2.08. The van der Waals surface area contributed by atoms with Gasteiger partial charge in [0.25, 0.3) is 5.69 Å². The Kier molecular flexibility index (Phi) is 3.38. The van der Waals surface area contributed by atoms with Crippen LogP contribution in [0.2, 0.25) is 0 Å². The molecule has 2 aromatic carbocycles. The van der Waals surface area contributed by atoms with Gasteiger partial charge in [-0.15, -0.1) is 0 Å². The summed E-state index contributed by atoms with van der Waals surface area (Å²) < 4.78 is 0. The maximum absolute atomic E-state index is 10.8. The number of nitro benzene ring substituents is 1. The van der Waals surface area contributed by atoms with Crippen molar-refractivity contribution in [1.82, 2.24) is 0 Å². The summed E-state index contributed by atoms with van der Waals surface area (Å²) in [6.07, 6.45) is 3.55. The minimum absolute atomic E-state index is 0.101. The lowest BCUT2D eigenvalue weighted by atomic mass is 10.1. The summed E-state index contributed by atoms with van der Waals surface area (Å²) in [5.41, 5.74) is 7.91. The Morgan fingerprint density at radius 1 is 1.00 bits per heavy atom. The fourth-order valence-electron chi connectivity index (χ4n) is 1.59. The molecule has 0 heterocycles. The molecule has 0 spiro atoms. The number of benzene rings is 2. The van der Waals surface area contributed by atoms with Crippen LogP contribution in [0.5, 0.6) is 0 Å². The number of hydrogen-bond acceptors (Lipinski definition) is 3. The lowest BCUT2D eigenvalue weighted by molar-refractivity contribution is -0.385. The van der Waals surface area contributed by atoms with Gasteiger partial charge in [0, 0.05) is 11.8 Å². The van der Waals surface area contributed by atoms with Crippen molar-refractivity contribution in [2.45, 2.75) is 0 Å². The second kappa shape index (κ2) is 5.14. The summed E-state index contributed by atoms with van der Waals surface area (Å²) >= 11 is 0. The first-order valence-corrected chi connectivity index (χ1v) is 5.44. The molecule has 90 valence electrons. The molecular weight excluding hydrogens is 228 g/mol. The molecule has 4 nitrogen and oxygen atoms in total. The fraction of sp³-hybridized carbons (Fsp3) is 0. The third-order valence-electron chi connectivity index (χ3n) is 2.53. The van der Waals surface area contributed by atoms with Gasteiger partial charge in [0.15, 0.2) is 0 Å². The average molecular weight is 240 g/mol. The van der Waals surface area contributed by atoms with Gasteiger partial charge in [-0.2, -0.15) is 0 Å². The van der Waals surface area contributed by atoms with Gasteiger partial charge in [-0.05, 0) is 29.8 Å². The van der Waals surface area contributed by atoms with Crippen LogP contribution in [0.25, 0.3) is 12.2 Å². The van der Waals surface area contributed by atoms with Crippen LogP contribution in [-0.2, 0) is 0 Å². The second-order valence-electron chi connectivity index (χ2n) is 3.82. The third-order valence-corrected chi connectivity index (χ3v) is 2.53. The Hall–Kier alpha value is -2.62. The molecule has 2 N–H and O–H groups in total. The van der Waals surface area contributed by atoms with E-state index in [-0.39, 0.29) is 10.6 Å². The molecule has 0 radical (unpaired) electrons. The van der Waals surface area contributed by atoms with Gasteiger partial charge >= 0.3 is 0 Å². The summed E-state index contributed by atoms with van der Waals surface area (Å²) in [6, 6.07) is 13.9. The van der Waals surface area contributed by atoms with E-state index in [1.165, 1.54) is 6.07 Å². The topological polar surface area (TPSA) is 69.2 Å². The predicted octanol–water partition coefficient (Wildman–Crippen LogP) is 3.35. The van der Waals surface area contributed by atoms with E-state index in [9.17, 15) is 10.1 Å². The average Bonchev–Trinajstić information content (AvgIpc) is 2.38. The fourth-order valence-corrected chi connectivity index (χ4v) is 1.59. The summed E-state index contributed by atoms with van der Waals surface area (Å²) in [5, 5.41) is 10.8. The molecule has 0 aliphatic heterocycles.